The van der Waals surface area contributed by atoms with E-state index in [0.717, 1.165) is 0 Å². The highest BCUT2D eigenvalue weighted by Crippen LogP contribution is 2.25. The number of hydrogen-bond donors (Lipinski definition) is 0. The van der Waals surface area contributed by atoms with Gasteiger partial charge in [0.25, 0.3) is 5.91 Å². The second kappa shape index (κ2) is 5.82. The fourth-order valence-electron chi connectivity index (χ4n) is 2.08. The lowest BCUT2D eigenvalue weighted by atomic mass is 10.1. The van der Waals surface area contributed by atoms with Crippen LogP contribution >= 0.6 is 15.9 Å². The number of nitro benzene ring substituents is 1. The molecule has 1 fully saturated rings. The summed E-state index contributed by atoms with van der Waals surface area (Å²) >= 11 is 3.42. The quantitative estimate of drug-likeness (QED) is 0.469. The number of carbonyl (C=O) groups excluding carboxylic acids is 1. The third kappa shape index (κ3) is 2.95. The molecule has 0 spiro atoms. The van der Waals surface area contributed by atoms with Crippen molar-refractivity contribution in [3.8, 4) is 0 Å². The number of likely N-dealkylation sites (tertiary alicyclic amines) is 1. The first kappa shape index (κ1) is 14.8. The van der Waals surface area contributed by atoms with Gasteiger partial charge in [0.2, 0.25) is 5.82 Å². The number of carbonyl (C=O) groups is 1. The molecule has 0 N–H and O–H groups in total. The monoisotopic (exact) mass is 348 g/mol. The first-order chi connectivity index (χ1) is 9.40. The van der Waals surface area contributed by atoms with Crippen molar-refractivity contribution >= 4 is 27.5 Å². The van der Waals surface area contributed by atoms with Gasteiger partial charge in [-0.25, -0.2) is 4.39 Å². The molecule has 0 unspecified atom stereocenters. The predicted octanol–water partition coefficient (Wildman–Crippen LogP) is 2.87. The topological polar surface area (TPSA) is 63.4 Å². The maximum atomic E-state index is 13.9. The lowest BCUT2D eigenvalue weighted by Gasteiger charge is -2.29. The van der Waals surface area contributed by atoms with Gasteiger partial charge in [-0.1, -0.05) is 15.9 Å². The molecule has 0 radical (unpaired) electrons. The second-order valence-electron chi connectivity index (χ2n) is 4.51. The van der Waals surface area contributed by atoms with Gasteiger partial charge in [-0.05, 0) is 18.9 Å². The third-order valence-corrected chi connectivity index (χ3v) is 4.07. The Morgan fingerprint density at radius 1 is 1.35 bits per heavy atom. The summed E-state index contributed by atoms with van der Waals surface area (Å²) in [5.74, 6) is -3.01. The van der Waals surface area contributed by atoms with E-state index in [-0.39, 0.29) is 0 Å². The molecule has 1 aliphatic heterocycles. The Labute approximate surface area is 121 Å². The summed E-state index contributed by atoms with van der Waals surface area (Å²) in [7, 11) is 0. The first-order valence-electron chi connectivity index (χ1n) is 5.97. The van der Waals surface area contributed by atoms with Crippen molar-refractivity contribution in [2.24, 2.45) is 0 Å². The van der Waals surface area contributed by atoms with Crippen molar-refractivity contribution in [3.05, 3.63) is 39.4 Å². The minimum atomic E-state index is -1.29. The fraction of sp³-hybridized carbons (Fsp3) is 0.417. The molecule has 2 rings (SSSR count). The fourth-order valence-corrected chi connectivity index (χ4v) is 2.49. The molecule has 1 aromatic carbocycles. The zero-order valence-corrected chi connectivity index (χ0v) is 11.9. The van der Waals surface area contributed by atoms with Gasteiger partial charge in [0.15, 0.2) is 0 Å². The Kier molecular flexibility index (Phi) is 4.32. The highest BCUT2D eigenvalue weighted by Gasteiger charge is 2.29. The number of nitrogens with zero attached hydrogens (tertiary/aromatic N) is 2. The van der Waals surface area contributed by atoms with Crippen molar-refractivity contribution in [2.75, 3.05) is 13.1 Å². The van der Waals surface area contributed by atoms with Crippen molar-refractivity contribution in [2.45, 2.75) is 17.7 Å². The molecule has 1 aromatic rings. The van der Waals surface area contributed by atoms with E-state index in [1.165, 1.54) is 4.90 Å². The Morgan fingerprint density at radius 3 is 2.50 bits per heavy atom. The number of halogens is 3. The number of alkyl halides is 1. The molecule has 1 aliphatic rings. The summed E-state index contributed by atoms with van der Waals surface area (Å²) in [5.41, 5.74) is -1.62. The number of benzene rings is 1. The van der Waals surface area contributed by atoms with Crippen LogP contribution < -0.4 is 0 Å². The Morgan fingerprint density at radius 2 is 1.95 bits per heavy atom. The maximum absolute atomic E-state index is 13.9. The van der Waals surface area contributed by atoms with E-state index in [1.54, 1.807) is 0 Å². The van der Waals surface area contributed by atoms with Crippen LogP contribution in [-0.4, -0.2) is 33.6 Å². The molecule has 0 atom stereocenters. The highest BCUT2D eigenvalue weighted by molar-refractivity contribution is 9.09. The molecule has 8 heteroatoms. The van der Waals surface area contributed by atoms with Crippen LogP contribution in [0.15, 0.2) is 12.1 Å². The molecule has 0 aromatic heterocycles. The Bertz CT molecular complexity index is 560. The minimum absolute atomic E-state index is 0.290. The molecule has 0 bridgehead atoms. The molecule has 0 saturated carbocycles. The summed E-state index contributed by atoms with van der Waals surface area (Å²) in [5, 5.41) is 10.6. The molecule has 108 valence electrons. The lowest BCUT2D eigenvalue weighted by molar-refractivity contribution is -0.387. The number of nitro groups is 1. The van der Waals surface area contributed by atoms with Crippen molar-refractivity contribution in [1.29, 1.82) is 0 Å². The highest BCUT2D eigenvalue weighted by atomic mass is 79.9. The van der Waals surface area contributed by atoms with Crippen LogP contribution in [0.4, 0.5) is 14.5 Å². The van der Waals surface area contributed by atoms with E-state index in [4.69, 9.17) is 0 Å². The van der Waals surface area contributed by atoms with Crippen LogP contribution in [-0.2, 0) is 0 Å². The normalized spacial score (nSPS) is 16.2. The predicted molar refractivity (Wildman–Crippen MR) is 70.9 cm³/mol. The van der Waals surface area contributed by atoms with Gasteiger partial charge >= 0.3 is 5.69 Å². The molecule has 1 heterocycles. The van der Waals surface area contributed by atoms with Gasteiger partial charge in [-0.3, -0.25) is 14.9 Å². The zero-order valence-electron chi connectivity index (χ0n) is 10.3. The summed E-state index contributed by atoms with van der Waals surface area (Å²) in [6.07, 6.45) is 1.40. The van der Waals surface area contributed by atoms with Crippen LogP contribution in [0.2, 0.25) is 0 Å². The summed E-state index contributed by atoms with van der Waals surface area (Å²) < 4.78 is 27.2. The smallest absolute Gasteiger partial charge is 0.308 e. The van der Waals surface area contributed by atoms with E-state index in [0.29, 0.717) is 42.9 Å². The summed E-state index contributed by atoms with van der Waals surface area (Å²) in [4.78, 5) is 23.4. The summed E-state index contributed by atoms with van der Waals surface area (Å²) in [6.45, 7) is 0.803. The van der Waals surface area contributed by atoms with Gasteiger partial charge in [0.1, 0.15) is 5.82 Å². The van der Waals surface area contributed by atoms with Gasteiger partial charge in [-0.2, -0.15) is 4.39 Å². The molecule has 20 heavy (non-hydrogen) atoms. The third-order valence-electron chi connectivity index (χ3n) is 3.16. The van der Waals surface area contributed by atoms with E-state index in [1.807, 2.05) is 0 Å². The summed E-state index contributed by atoms with van der Waals surface area (Å²) in [6, 6.07) is 1.17. The van der Waals surface area contributed by atoms with Gasteiger partial charge in [0.05, 0.1) is 16.6 Å². The number of rotatable bonds is 2. The van der Waals surface area contributed by atoms with E-state index < -0.39 is 33.7 Å². The van der Waals surface area contributed by atoms with Crippen LogP contribution in [0, 0.1) is 21.7 Å². The number of amides is 1. The van der Waals surface area contributed by atoms with Gasteiger partial charge < -0.3 is 4.90 Å². The average Bonchev–Trinajstić information content (AvgIpc) is 2.41. The van der Waals surface area contributed by atoms with Crippen molar-refractivity contribution in [3.63, 3.8) is 0 Å². The van der Waals surface area contributed by atoms with E-state index in [2.05, 4.69) is 15.9 Å². The lowest BCUT2D eigenvalue weighted by Crippen LogP contribution is -2.39. The Hall–Kier alpha value is -1.57. The van der Waals surface area contributed by atoms with Crippen LogP contribution in [0.1, 0.15) is 23.2 Å². The first-order valence-corrected chi connectivity index (χ1v) is 6.88. The second-order valence-corrected chi connectivity index (χ2v) is 5.81. The van der Waals surface area contributed by atoms with E-state index >= 15 is 0 Å². The number of piperidine rings is 1. The maximum Gasteiger partial charge on any atom is 0.308 e. The molecule has 1 amide bonds. The van der Waals surface area contributed by atoms with Gasteiger partial charge in [-0.15, -0.1) is 0 Å². The molecule has 0 aliphatic carbocycles. The van der Waals surface area contributed by atoms with Crippen LogP contribution in [0.3, 0.4) is 0 Å². The van der Waals surface area contributed by atoms with Crippen LogP contribution in [0.5, 0.6) is 0 Å². The molecular weight excluding hydrogens is 338 g/mol. The largest absolute Gasteiger partial charge is 0.338 e. The van der Waals surface area contributed by atoms with Crippen molar-refractivity contribution < 1.29 is 18.5 Å². The SMILES string of the molecule is O=C(c1cc(F)cc([N+](=O)[O-])c1F)N1CCC(Br)CC1. The standard InChI is InChI=1S/C12H11BrF2N2O3/c13-7-1-3-16(4-2-7)12(18)9-5-8(14)6-10(11(9)15)17(19)20/h5-7H,1-4H2. The Balaban J connectivity index is 2.32. The molecule has 5 nitrogen and oxygen atoms in total. The van der Waals surface area contributed by atoms with Gasteiger partial charge in [0, 0.05) is 17.9 Å². The van der Waals surface area contributed by atoms with Crippen molar-refractivity contribution in [1.82, 2.24) is 4.90 Å². The molecular formula is C12H11BrF2N2O3. The van der Waals surface area contributed by atoms with E-state index in [9.17, 15) is 23.7 Å². The zero-order chi connectivity index (χ0) is 14.9. The van der Waals surface area contributed by atoms with Crippen LogP contribution in [0.25, 0.3) is 0 Å². The average molecular weight is 349 g/mol. The minimum Gasteiger partial charge on any atom is -0.338 e. The number of hydrogen-bond acceptors (Lipinski definition) is 3. The molecule has 1 saturated heterocycles.